The molecule has 582 valence electrons. The Morgan fingerprint density at radius 1 is 0.395 bits per heavy atom. The summed E-state index contributed by atoms with van der Waals surface area (Å²) in [4.78, 5) is 18.4. The molecule has 1 aliphatic carbocycles. The molecule has 0 unspecified atom stereocenters. The van der Waals surface area contributed by atoms with Gasteiger partial charge in [0.2, 0.25) is 0 Å². The van der Waals surface area contributed by atoms with Gasteiger partial charge >= 0.3 is 11.5 Å². The van der Waals surface area contributed by atoms with Gasteiger partial charge in [-0.1, -0.05) is 384 Å². The van der Waals surface area contributed by atoms with Crippen LogP contribution in [0.25, 0.3) is 47.2 Å². The van der Waals surface area contributed by atoms with E-state index in [1.54, 1.807) is 12.1 Å². The van der Waals surface area contributed by atoms with Crippen molar-refractivity contribution in [2.75, 3.05) is 39.3 Å². The third-order valence-electron chi connectivity index (χ3n) is 18.8. The Balaban J connectivity index is 0.000000236. The third-order valence-corrected chi connectivity index (χ3v) is 19.4. The lowest BCUT2D eigenvalue weighted by Crippen LogP contribution is -2.41. The van der Waals surface area contributed by atoms with Gasteiger partial charge in [0, 0.05) is 11.1 Å². The average Bonchev–Trinajstić information content (AvgIpc) is 0.706. The summed E-state index contributed by atoms with van der Waals surface area (Å²) in [5, 5.41) is 54.2. The fourth-order valence-electron chi connectivity index (χ4n) is 12.7. The van der Waals surface area contributed by atoms with Crippen molar-refractivity contribution in [3.63, 3.8) is 0 Å². The first kappa shape index (κ1) is 93.0. The van der Waals surface area contributed by atoms with Gasteiger partial charge in [0.15, 0.2) is 5.57 Å². The fourth-order valence-corrected chi connectivity index (χ4v) is 13.1. The second-order valence-electron chi connectivity index (χ2n) is 25.8. The van der Waals surface area contributed by atoms with E-state index in [1.165, 1.54) is 81.8 Å². The van der Waals surface area contributed by atoms with Crippen LogP contribution in [0.2, 0.25) is 0 Å². The summed E-state index contributed by atoms with van der Waals surface area (Å²) >= 11 is 16.2. The summed E-state index contributed by atoms with van der Waals surface area (Å²) < 4.78 is -0.282. The van der Waals surface area contributed by atoms with Gasteiger partial charge in [0.25, 0.3) is 5.70 Å². The van der Waals surface area contributed by atoms with Crippen molar-refractivity contribution in [3.05, 3.63) is 489 Å². The van der Waals surface area contributed by atoms with Crippen LogP contribution >= 0.6 is 34.8 Å². The summed E-state index contributed by atoms with van der Waals surface area (Å²) in [7, 11) is 0. The van der Waals surface area contributed by atoms with Crippen molar-refractivity contribution >= 4 is 62.7 Å². The molecule has 10 aromatic rings. The van der Waals surface area contributed by atoms with E-state index in [4.69, 9.17) is 82.1 Å². The minimum absolute atomic E-state index is 0. The molecule has 3 saturated heterocycles. The van der Waals surface area contributed by atoms with Gasteiger partial charge in [0.1, 0.15) is 47.5 Å². The Bertz CT molecular complexity index is 5370. The van der Waals surface area contributed by atoms with Crippen LogP contribution in [0.4, 0.5) is 0 Å². The van der Waals surface area contributed by atoms with Gasteiger partial charge < -0.3 is 9.80 Å². The second-order valence-corrected chi connectivity index (χ2v) is 27.1. The monoisotopic (exact) mass is 1610 g/mol. The second kappa shape index (κ2) is 51.8. The maximum Gasteiger partial charge on any atom is 0.527 e. The number of allylic oxidation sites excluding steroid dienone is 10. The Kier molecular flexibility index (Phi) is 40.4. The lowest BCUT2D eigenvalue weighted by atomic mass is 9.65. The quantitative estimate of drug-likeness (QED) is 0.0449. The molecule has 3 aliphatic heterocycles. The molecule has 15 heteroatoms. The number of hydrogen-bond donors (Lipinski definition) is 0. The Morgan fingerprint density at radius 2 is 0.706 bits per heavy atom. The van der Waals surface area contributed by atoms with Crippen LogP contribution in [0.3, 0.4) is 0 Å². The minimum atomic E-state index is -0.282. The van der Waals surface area contributed by atoms with Gasteiger partial charge in [-0.05, 0) is 160 Å². The highest BCUT2D eigenvalue weighted by Crippen LogP contribution is 2.56. The van der Waals surface area contributed by atoms with Gasteiger partial charge in [-0.25, -0.2) is 20.2 Å². The molecule has 2 bridgehead atoms. The molecule has 0 aromatic heterocycles. The molecule has 12 nitrogen and oxygen atoms in total. The first-order chi connectivity index (χ1) is 57.7. The predicted octanol–water partition coefficient (Wildman–Crippen LogP) is 26.2. The molecular weight excluding hydrogens is 1520 g/mol. The highest BCUT2D eigenvalue weighted by molar-refractivity contribution is 6.56. The fraction of sp³-hybridized carbons (Fsp3) is 0.135. The van der Waals surface area contributed by atoms with Crippen molar-refractivity contribution in [1.29, 1.82) is 31.6 Å². The molecule has 14 rings (SSSR count). The zero-order chi connectivity index (χ0) is 84.7. The lowest BCUT2D eigenvalue weighted by Gasteiger charge is -2.38. The van der Waals surface area contributed by atoms with Gasteiger partial charge in [-0.3, -0.25) is 0 Å². The number of halogens is 3. The van der Waals surface area contributed by atoms with Crippen molar-refractivity contribution in [3.8, 4) is 36.4 Å². The van der Waals surface area contributed by atoms with Crippen LogP contribution in [0, 0.1) is 100 Å². The summed E-state index contributed by atoms with van der Waals surface area (Å²) in [5.74, 6) is 0.998. The van der Waals surface area contributed by atoms with Crippen molar-refractivity contribution < 1.29 is 0 Å². The molecule has 0 amide bonds. The number of benzene rings is 10. The van der Waals surface area contributed by atoms with Crippen LogP contribution in [-0.4, -0.2) is 49.1 Å². The Hall–Kier alpha value is -14.9. The number of fused-ring (bicyclic) bond motifs is 3. The first-order valence-electron chi connectivity index (χ1n) is 37.7. The minimum Gasteiger partial charge on any atom is -0.304 e. The van der Waals surface area contributed by atoms with Crippen molar-refractivity contribution in [2.24, 2.45) is 5.92 Å². The molecule has 10 aromatic carbocycles. The van der Waals surface area contributed by atoms with Crippen LogP contribution in [-0.2, 0) is 0 Å². The average molecular weight is 1610 g/mol. The number of hydrogen-bond acceptors (Lipinski definition) is 8. The molecule has 4 aliphatic rings. The first-order valence-corrected chi connectivity index (χ1v) is 38.9. The van der Waals surface area contributed by atoms with Gasteiger partial charge in [-0.2, -0.15) is 30.7 Å². The normalized spacial score (nSPS) is 12.5. The van der Waals surface area contributed by atoms with E-state index < -0.39 is 0 Å². The summed E-state index contributed by atoms with van der Waals surface area (Å²) in [6.45, 7) is 48.1. The van der Waals surface area contributed by atoms with E-state index in [0.717, 1.165) is 78.3 Å². The van der Waals surface area contributed by atoms with Crippen LogP contribution < -0.4 is 0 Å². The maximum absolute atomic E-state index is 10.2. The van der Waals surface area contributed by atoms with E-state index in [9.17, 15) is 10.5 Å². The van der Waals surface area contributed by atoms with E-state index >= 15 is 0 Å². The number of nitrogens with zero attached hydrogens (tertiary/aromatic N) is 12. The van der Waals surface area contributed by atoms with Gasteiger partial charge in [-0.15, -0.1) is 0 Å². The highest BCUT2D eigenvalue weighted by Gasteiger charge is 2.44. The molecule has 4 fully saturated rings. The molecule has 0 spiro atoms. The summed E-state index contributed by atoms with van der Waals surface area (Å²) in [6, 6.07) is 109. The summed E-state index contributed by atoms with van der Waals surface area (Å²) in [5.41, 5.74) is 20.9. The lowest BCUT2D eigenvalue weighted by molar-refractivity contribution is 0.111. The summed E-state index contributed by atoms with van der Waals surface area (Å²) in [6.07, 6.45) is 6.13. The molecule has 119 heavy (non-hydrogen) atoms. The Labute approximate surface area is 717 Å². The predicted molar refractivity (Wildman–Crippen MR) is 484 cm³/mol. The maximum atomic E-state index is 10.2. The molecule has 0 atom stereocenters. The molecular formula is C104H85Cl3N12. The topological polar surface area (TPSA) is 167 Å². The smallest absolute Gasteiger partial charge is 0.304 e. The van der Waals surface area contributed by atoms with Crippen LogP contribution in [0.1, 0.15) is 103 Å². The van der Waals surface area contributed by atoms with E-state index in [-0.39, 0.29) is 45.3 Å². The third kappa shape index (κ3) is 27.7. The van der Waals surface area contributed by atoms with Crippen LogP contribution in [0.5, 0.6) is 0 Å². The largest absolute Gasteiger partial charge is 0.527 e. The standard InChI is InChI=1S/C36H20N4.C18H11ClN2.C18H10N2.C14H12.C7H13N.C6H15N.C4Cl2N2.CH4/c1-39-36(40-2)35-33(30(25-15-7-3-8-16-25)26-17-9-4-10-18-26)32(29(23-37)24-38)34(35)31(27-19-11-5-12-20-27)28-21-13-6-14-22-28;1-21-18(13-20)17(19)12-16(14-8-4-2-5-9-14)15-10-6-3-7-11-15;1-20-17(14-19)12-13-18(15-8-4-2-5-9-15)16-10-6-3-7-11-16;1-12(13-8-4-2-5-9-13)14-10-6-3-7-11-14;1-4-8-5-2-7(1)3-6-8;1-4-7(5-2)6-3;5-4(6)3(1-7)2-8;/h3-22H;2-12H;2-11H;2-11H,1H2;7H,1-6H2;4-6H2,1-3H3;;1H4/b;18-17+;;;;;;. The number of rotatable bonds is 14. The van der Waals surface area contributed by atoms with E-state index in [0.29, 0.717) is 22.3 Å². The van der Waals surface area contributed by atoms with Gasteiger partial charge in [0.05, 0.1) is 35.9 Å². The van der Waals surface area contributed by atoms with E-state index in [1.807, 2.05) is 285 Å². The number of piperidine rings is 3. The van der Waals surface area contributed by atoms with Crippen LogP contribution in [0.15, 0.2) is 388 Å². The van der Waals surface area contributed by atoms with E-state index in [2.05, 4.69) is 104 Å². The highest BCUT2D eigenvalue weighted by atomic mass is 35.5. The Morgan fingerprint density at radius 3 is 0.924 bits per heavy atom. The number of nitriles is 6. The molecule has 0 N–H and O–H groups in total. The molecule has 0 radical (unpaired) electrons. The zero-order valence-corrected chi connectivity index (χ0v) is 67.9. The zero-order valence-electron chi connectivity index (χ0n) is 65.6. The SMILES string of the molecule is C.C1CN2CCC1CC2.C=C(c1ccccc1)c1ccccc1.CCN(CC)CC.N#CC(C#N)=C(Cl)Cl.[C-]#[N+]/C(C#N)=C(/Cl)C=C(c1ccccc1)c1ccccc1.[C-]#[N+]C(=C=C=C(c1ccccc1)c1ccccc1)C#N.[C-]#[N+]C([N+]#[C-])=C1C(=C(c2ccccc2)c2ccccc2)C(=C(C#N)C#N)C1=C(c1ccccc1)c1ccccc1. The van der Waals surface area contributed by atoms with Crippen molar-refractivity contribution in [1.82, 2.24) is 9.80 Å². The molecule has 3 heterocycles. The van der Waals surface area contributed by atoms with Crippen molar-refractivity contribution in [2.45, 2.75) is 47.5 Å². The molecule has 1 saturated carbocycles.